The first-order valence-electron chi connectivity index (χ1n) is 5.90. The molecule has 6 nitrogen and oxygen atoms in total. The molecule has 1 amide bonds. The molecule has 0 saturated carbocycles. The van der Waals surface area contributed by atoms with Crippen molar-refractivity contribution in [3.8, 4) is 0 Å². The Morgan fingerprint density at radius 3 is 2.71 bits per heavy atom. The fourth-order valence-corrected chi connectivity index (χ4v) is 1.69. The summed E-state index contributed by atoms with van der Waals surface area (Å²) in [6.45, 7) is 0. The average Bonchev–Trinajstić information content (AvgIpc) is 2.48. The monoisotopic (exact) mass is 303 g/mol. The second kappa shape index (κ2) is 6.62. The molecule has 0 fully saturated rings. The summed E-state index contributed by atoms with van der Waals surface area (Å²) in [6.07, 6.45) is 3.99. The number of nitro benzene ring substituents is 1. The van der Waals surface area contributed by atoms with Crippen LogP contribution < -0.4 is 5.32 Å². The number of nitrogens with one attached hydrogen (secondary N) is 1. The first-order valence-corrected chi connectivity index (χ1v) is 6.28. The molecule has 1 aromatic heterocycles. The maximum Gasteiger partial charge on any atom is 0.276 e. The molecule has 0 aliphatic heterocycles. The minimum absolute atomic E-state index is 0.0637. The Hall–Kier alpha value is -2.73. The molecule has 0 saturated heterocycles. The van der Waals surface area contributed by atoms with Crippen LogP contribution in [0.5, 0.6) is 0 Å². The van der Waals surface area contributed by atoms with Crippen LogP contribution in [-0.4, -0.2) is 15.8 Å². The topological polar surface area (TPSA) is 85.1 Å². The van der Waals surface area contributed by atoms with E-state index in [1.54, 1.807) is 30.3 Å². The molecular weight excluding hydrogens is 294 g/mol. The lowest BCUT2D eigenvalue weighted by Crippen LogP contribution is -2.08. The van der Waals surface area contributed by atoms with Crippen LogP contribution >= 0.6 is 11.6 Å². The van der Waals surface area contributed by atoms with Crippen LogP contribution in [-0.2, 0) is 4.79 Å². The van der Waals surface area contributed by atoms with Gasteiger partial charge in [-0.25, -0.2) is 4.98 Å². The van der Waals surface area contributed by atoms with Crippen molar-refractivity contribution in [2.75, 3.05) is 5.32 Å². The first kappa shape index (κ1) is 14.7. The molecule has 0 spiro atoms. The third-order valence-corrected chi connectivity index (χ3v) is 2.75. The molecule has 2 aromatic rings. The summed E-state index contributed by atoms with van der Waals surface area (Å²) in [7, 11) is 0. The predicted octanol–water partition coefficient (Wildman–Crippen LogP) is 3.30. The number of carbonyl (C=O) groups is 1. The highest BCUT2D eigenvalue weighted by Gasteiger charge is 2.09. The van der Waals surface area contributed by atoms with E-state index in [0.29, 0.717) is 16.4 Å². The molecule has 0 aliphatic carbocycles. The van der Waals surface area contributed by atoms with Gasteiger partial charge in [0.2, 0.25) is 5.91 Å². The van der Waals surface area contributed by atoms with Gasteiger partial charge in [0, 0.05) is 18.3 Å². The van der Waals surface area contributed by atoms with Gasteiger partial charge in [-0.15, -0.1) is 0 Å². The number of aromatic nitrogens is 1. The first-order chi connectivity index (χ1) is 10.1. The van der Waals surface area contributed by atoms with Crippen LogP contribution in [0, 0.1) is 10.1 Å². The van der Waals surface area contributed by atoms with Gasteiger partial charge in [0.25, 0.3) is 5.69 Å². The minimum Gasteiger partial charge on any atom is -0.307 e. The van der Waals surface area contributed by atoms with Gasteiger partial charge >= 0.3 is 0 Å². The van der Waals surface area contributed by atoms with Crippen LogP contribution in [0.3, 0.4) is 0 Å². The highest BCUT2D eigenvalue weighted by molar-refractivity contribution is 6.30. The van der Waals surface area contributed by atoms with Crippen LogP contribution in [0.15, 0.2) is 48.7 Å². The number of nitrogens with zero attached hydrogens (tertiary/aromatic N) is 2. The largest absolute Gasteiger partial charge is 0.307 e. The summed E-state index contributed by atoms with van der Waals surface area (Å²) in [5.74, 6) is -0.0976. The normalized spacial score (nSPS) is 10.5. The highest BCUT2D eigenvalue weighted by atomic mass is 35.5. The summed E-state index contributed by atoms with van der Waals surface area (Å²) >= 11 is 5.68. The van der Waals surface area contributed by atoms with E-state index in [2.05, 4.69) is 10.3 Å². The number of hydrogen-bond acceptors (Lipinski definition) is 4. The fraction of sp³-hybridized carbons (Fsp3) is 0. The quantitative estimate of drug-likeness (QED) is 0.533. The van der Waals surface area contributed by atoms with Gasteiger partial charge in [-0.05, 0) is 24.3 Å². The zero-order chi connectivity index (χ0) is 15.2. The number of para-hydroxylation sites is 1. The van der Waals surface area contributed by atoms with E-state index < -0.39 is 10.8 Å². The molecule has 1 aromatic carbocycles. The molecule has 0 atom stereocenters. The maximum atomic E-state index is 11.7. The summed E-state index contributed by atoms with van der Waals surface area (Å²) in [6, 6.07) is 9.30. The van der Waals surface area contributed by atoms with Crippen LogP contribution in [0.25, 0.3) is 6.08 Å². The Kier molecular flexibility index (Phi) is 4.63. The predicted molar refractivity (Wildman–Crippen MR) is 80.0 cm³/mol. The van der Waals surface area contributed by atoms with Gasteiger partial charge in [0.15, 0.2) is 0 Å². The number of rotatable bonds is 4. The Labute approximate surface area is 125 Å². The van der Waals surface area contributed by atoms with Gasteiger partial charge in [0.1, 0.15) is 5.82 Å². The van der Waals surface area contributed by atoms with E-state index in [4.69, 9.17) is 11.6 Å². The lowest BCUT2D eigenvalue weighted by Gasteiger charge is -2.00. The SMILES string of the molecule is O=C(/C=C/c1ccccc1[N+](=O)[O-])Nc1ccc(Cl)cn1. The Balaban J connectivity index is 2.09. The number of pyridine rings is 1. The van der Waals surface area contributed by atoms with E-state index in [0.717, 1.165) is 0 Å². The van der Waals surface area contributed by atoms with Crippen molar-refractivity contribution in [1.29, 1.82) is 0 Å². The van der Waals surface area contributed by atoms with Crippen molar-refractivity contribution in [3.05, 3.63) is 69.4 Å². The number of carbonyl (C=O) groups excluding carboxylic acids is 1. The minimum atomic E-state index is -0.502. The standard InChI is InChI=1S/C14H10ClN3O3/c15-11-6-7-13(16-9-11)17-14(19)8-5-10-3-1-2-4-12(10)18(20)21/h1-9H,(H,16,17,19)/b8-5+. The Morgan fingerprint density at radius 2 is 2.05 bits per heavy atom. The van der Waals surface area contributed by atoms with E-state index in [1.807, 2.05) is 0 Å². The summed E-state index contributed by atoms with van der Waals surface area (Å²) < 4.78 is 0. The second-order valence-electron chi connectivity index (χ2n) is 4.00. The number of nitro groups is 1. The summed E-state index contributed by atoms with van der Waals surface area (Å²) in [5.41, 5.74) is 0.285. The third-order valence-electron chi connectivity index (χ3n) is 2.53. The number of benzene rings is 1. The van der Waals surface area contributed by atoms with Gasteiger partial charge in [-0.3, -0.25) is 14.9 Å². The molecule has 0 aliphatic rings. The van der Waals surface area contributed by atoms with Crippen LogP contribution in [0.2, 0.25) is 5.02 Å². The molecule has 106 valence electrons. The van der Waals surface area contributed by atoms with E-state index >= 15 is 0 Å². The van der Waals surface area contributed by atoms with E-state index in [9.17, 15) is 14.9 Å². The number of halogens is 1. The van der Waals surface area contributed by atoms with Crippen molar-refractivity contribution in [2.45, 2.75) is 0 Å². The molecule has 1 heterocycles. The van der Waals surface area contributed by atoms with E-state index in [1.165, 1.54) is 24.4 Å². The van der Waals surface area contributed by atoms with Crippen LogP contribution in [0.4, 0.5) is 11.5 Å². The Bertz CT molecular complexity index is 699. The molecule has 2 rings (SSSR count). The number of hydrogen-bond donors (Lipinski definition) is 1. The molecule has 0 radical (unpaired) electrons. The average molecular weight is 304 g/mol. The van der Waals surface area contributed by atoms with E-state index in [-0.39, 0.29) is 5.69 Å². The lowest BCUT2D eigenvalue weighted by molar-refractivity contribution is -0.385. The molecular formula is C14H10ClN3O3. The van der Waals surface area contributed by atoms with Crippen molar-refractivity contribution in [2.24, 2.45) is 0 Å². The number of amides is 1. The van der Waals surface area contributed by atoms with Crippen molar-refractivity contribution >= 4 is 35.1 Å². The van der Waals surface area contributed by atoms with Gasteiger partial charge in [-0.1, -0.05) is 23.7 Å². The maximum absolute atomic E-state index is 11.7. The zero-order valence-corrected chi connectivity index (χ0v) is 11.4. The third kappa shape index (κ3) is 4.12. The zero-order valence-electron chi connectivity index (χ0n) is 10.7. The van der Waals surface area contributed by atoms with Gasteiger partial charge in [-0.2, -0.15) is 0 Å². The van der Waals surface area contributed by atoms with Crippen molar-refractivity contribution in [1.82, 2.24) is 4.98 Å². The molecule has 21 heavy (non-hydrogen) atoms. The molecule has 0 bridgehead atoms. The van der Waals surface area contributed by atoms with Gasteiger partial charge < -0.3 is 5.32 Å². The molecule has 0 unspecified atom stereocenters. The molecule has 1 N–H and O–H groups in total. The highest BCUT2D eigenvalue weighted by Crippen LogP contribution is 2.19. The van der Waals surface area contributed by atoms with Crippen molar-refractivity contribution in [3.63, 3.8) is 0 Å². The van der Waals surface area contributed by atoms with Crippen molar-refractivity contribution < 1.29 is 9.72 Å². The second-order valence-corrected chi connectivity index (χ2v) is 4.44. The lowest BCUT2D eigenvalue weighted by atomic mass is 10.1. The number of anilines is 1. The molecule has 7 heteroatoms. The van der Waals surface area contributed by atoms with Gasteiger partial charge in [0.05, 0.1) is 15.5 Å². The van der Waals surface area contributed by atoms with Crippen LogP contribution in [0.1, 0.15) is 5.56 Å². The summed E-state index contributed by atoms with van der Waals surface area (Å²) in [4.78, 5) is 26.0. The fourth-order valence-electron chi connectivity index (χ4n) is 1.58. The Morgan fingerprint density at radius 1 is 1.29 bits per heavy atom. The summed E-state index contributed by atoms with van der Waals surface area (Å²) in [5, 5.41) is 13.8. The smallest absolute Gasteiger partial charge is 0.276 e.